The van der Waals surface area contributed by atoms with E-state index in [2.05, 4.69) is 157 Å². The molecule has 46 heavy (non-hydrogen) atoms. The van der Waals surface area contributed by atoms with E-state index in [1.165, 1.54) is 44.3 Å². The van der Waals surface area contributed by atoms with Crippen molar-refractivity contribution in [2.75, 3.05) is 19.6 Å². The van der Waals surface area contributed by atoms with Crippen molar-refractivity contribution in [3.8, 4) is 5.75 Å². The van der Waals surface area contributed by atoms with Crippen molar-refractivity contribution in [3.05, 3.63) is 172 Å². The van der Waals surface area contributed by atoms with Gasteiger partial charge in [-0.15, -0.1) is 0 Å². The first-order valence-corrected chi connectivity index (χ1v) is 17.1. The smallest absolute Gasteiger partial charge is 0.124 e. The molecule has 1 aliphatic heterocycles. The molecule has 3 heteroatoms. The third kappa shape index (κ3) is 6.82. The molecule has 0 unspecified atom stereocenters. The maximum Gasteiger partial charge on any atom is 0.124 e. The van der Waals surface area contributed by atoms with E-state index in [0.29, 0.717) is 18.3 Å². The van der Waals surface area contributed by atoms with Gasteiger partial charge in [0.1, 0.15) is 5.75 Å². The molecular weight excluding hydrogens is 560 g/mol. The average molecular weight is 609 g/mol. The lowest BCUT2D eigenvalue weighted by molar-refractivity contribution is 0.159. The predicted octanol–water partition coefficient (Wildman–Crippen LogP) is 9.35. The van der Waals surface area contributed by atoms with Crippen LogP contribution in [0.2, 0.25) is 0 Å². The number of hydrogen-bond donors (Lipinski definition) is 1. The third-order valence-corrected chi connectivity index (χ3v) is 9.77. The van der Waals surface area contributed by atoms with Gasteiger partial charge in [0.2, 0.25) is 0 Å². The average Bonchev–Trinajstić information content (AvgIpc) is 3.54. The van der Waals surface area contributed by atoms with Gasteiger partial charge in [-0.3, -0.25) is 9.80 Å². The highest BCUT2D eigenvalue weighted by Crippen LogP contribution is 2.49. The van der Waals surface area contributed by atoms with Gasteiger partial charge < -0.3 is 5.11 Å². The molecule has 0 amide bonds. The summed E-state index contributed by atoms with van der Waals surface area (Å²) in [7, 11) is 0. The number of aryl methyl sites for hydroxylation is 1. The Morgan fingerprint density at radius 2 is 1.28 bits per heavy atom. The minimum Gasteiger partial charge on any atom is -0.507 e. The van der Waals surface area contributed by atoms with Gasteiger partial charge in [0, 0.05) is 36.8 Å². The minimum absolute atomic E-state index is 0.384. The standard InChI is InChI=1S/C43H48N2O/c1-3-4-27-45-28-17-26-40(45)33-44(31-35-18-9-5-10-19-35)32-36-29-34(2)30-41(42(36)46)43(37-20-11-6-12-21-37,38-22-13-7-14-23-38)39-24-15-8-16-25-39/h5-16,18-25,29-30,40,46H,3-4,17,26-28,31-33H2,1-2H3/t40-/m0/s1. The van der Waals surface area contributed by atoms with Crippen molar-refractivity contribution in [2.45, 2.75) is 64.1 Å². The Morgan fingerprint density at radius 3 is 1.83 bits per heavy atom. The Labute approximate surface area is 276 Å². The van der Waals surface area contributed by atoms with Crippen molar-refractivity contribution in [3.63, 3.8) is 0 Å². The maximum atomic E-state index is 12.5. The number of hydrogen-bond acceptors (Lipinski definition) is 3. The second kappa shape index (κ2) is 14.9. The molecule has 236 valence electrons. The highest BCUT2D eigenvalue weighted by Gasteiger charge is 2.41. The third-order valence-electron chi connectivity index (χ3n) is 9.77. The molecule has 0 spiro atoms. The Bertz CT molecular complexity index is 1560. The summed E-state index contributed by atoms with van der Waals surface area (Å²) >= 11 is 0. The summed E-state index contributed by atoms with van der Waals surface area (Å²) in [5.41, 5.74) is 7.09. The number of aromatic hydroxyl groups is 1. The van der Waals surface area contributed by atoms with Crippen LogP contribution in [-0.2, 0) is 18.5 Å². The Morgan fingerprint density at radius 1 is 0.739 bits per heavy atom. The highest BCUT2D eigenvalue weighted by atomic mass is 16.3. The lowest BCUT2D eigenvalue weighted by atomic mass is 9.64. The molecule has 0 aliphatic carbocycles. The molecule has 1 aliphatic rings. The van der Waals surface area contributed by atoms with Crippen LogP contribution in [0.3, 0.4) is 0 Å². The normalized spacial score (nSPS) is 15.4. The van der Waals surface area contributed by atoms with Crippen LogP contribution in [0.5, 0.6) is 5.75 Å². The van der Waals surface area contributed by atoms with E-state index in [-0.39, 0.29) is 0 Å². The Hall–Kier alpha value is -4.18. The summed E-state index contributed by atoms with van der Waals surface area (Å²) in [4.78, 5) is 5.27. The zero-order chi connectivity index (χ0) is 31.8. The van der Waals surface area contributed by atoms with Crippen LogP contribution >= 0.6 is 0 Å². The van der Waals surface area contributed by atoms with Crippen molar-refractivity contribution in [1.82, 2.24) is 9.80 Å². The van der Waals surface area contributed by atoms with Gasteiger partial charge in [-0.25, -0.2) is 0 Å². The number of likely N-dealkylation sites (tertiary alicyclic amines) is 1. The second-order valence-corrected chi connectivity index (χ2v) is 13.0. The fraction of sp³-hybridized carbons (Fsp3) is 0.302. The number of phenolic OH excluding ortho intramolecular Hbond substituents is 1. The van der Waals surface area contributed by atoms with E-state index in [9.17, 15) is 5.11 Å². The SMILES string of the molecule is CCCCN1CCC[C@H]1CN(Cc1ccccc1)Cc1cc(C)cc(C(c2ccccc2)(c2ccccc2)c2ccccc2)c1O. The minimum atomic E-state index is -0.693. The summed E-state index contributed by atoms with van der Waals surface area (Å²) in [6.07, 6.45) is 4.97. The van der Waals surface area contributed by atoms with Gasteiger partial charge >= 0.3 is 0 Å². The molecule has 0 radical (unpaired) electrons. The van der Waals surface area contributed by atoms with Gasteiger partial charge in [0.25, 0.3) is 0 Å². The van der Waals surface area contributed by atoms with Crippen molar-refractivity contribution in [2.24, 2.45) is 0 Å². The highest BCUT2D eigenvalue weighted by molar-refractivity contribution is 5.64. The molecule has 1 saturated heterocycles. The van der Waals surface area contributed by atoms with E-state index < -0.39 is 5.41 Å². The van der Waals surface area contributed by atoms with Gasteiger partial charge in [0.05, 0.1) is 5.41 Å². The van der Waals surface area contributed by atoms with E-state index in [4.69, 9.17) is 0 Å². The first kappa shape index (κ1) is 31.8. The van der Waals surface area contributed by atoms with Crippen LogP contribution in [-0.4, -0.2) is 40.6 Å². The molecule has 0 aromatic heterocycles. The van der Waals surface area contributed by atoms with E-state index >= 15 is 0 Å². The van der Waals surface area contributed by atoms with Gasteiger partial charge in [-0.05, 0) is 61.5 Å². The number of rotatable bonds is 13. The fourth-order valence-corrected chi connectivity index (χ4v) is 7.61. The summed E-state index contributed by atoms with van der Waals surface area (Å²) in [6.45, 7) is 9.34. The molecule has 5 aromatic carbocycles. The summed E-state index contributed by atoms with van der Waals surface area (Å²) in [6, 6.07) is 47.8. The largest absolute Gasteiger partial charge is 0.507 e. The molecule has 1 atom stereocenters. The number of phenols is 1. The Kier molecular flexibility index (Phi) is 10.3. The van der Waals surface area contributed by atoms with Gasteiger partial charge in [-0.1, -0.05) is 152 Å². The first-order chi connectivity index (χ1) is 22.6. The van der Waals surface area contributed by atoms with E-state index in [1.54, 1.807) is 0 Å². The first-order valence-electron chi connectivity index (χ1n) is 17.1. The molecule has 6 rings (SSSR count). The van der Waals surface area contributed by atoms with E-state index in [1.807, 2.05) is 0 Å². The van der Waals surface area contributed by atoms with Gasteiger partial charge in [-0.2, -0.15) is 0 Å². The molecule has 3 nitrogen and oxygen atoms in total. The van der Waals surface area contributed by atoms with Crippen molar-refractivity contribution >= 4 is 0 Å². The van der Waals surface area contributed by atoms with Crippen molar-refractivity contribution in [1.29, 1.82) is 0 Å². The van der Waals surface area contributed by atoms with Crippen LogP contribution < -0.4 is 0 Å². The van der Waals surface area contributed by atoms with Crippen LogP contribution in [0.4, 0.5) is 0 Å². The molecule has 0 saturated carbocycles. The zero-order valence-electron chi connectivity index (χ0n) is 27.5. The second-order valence-electron chi connectivity index (χ2n) is 13.0. The molecule has 1 fully saturated rings. The summed E-state index contributed by atoms with van der Waals surface area (Å²) in [5.74, 6) is 0.384. The summed E-state index contributed by atoms with van der Waals surface area (Å²) in [5, 5.41) is 12.5. The quantitative estimate of drug-likeness (QED) is 0.135. The maximum absolute atomic E-state index is 12.5. The molecule has 0 bridgehead atoms. The number of unbranched alkanes of at least 4 members (excludes halogenated alkanes) is 1. The summed E-state index contributed by atoms with van der Waals surface area (Å²) < 4.78 is 0. The van der Waals surface area contributed by atoms with Gasteiger partial charge in [0.15, 0.2) is 0 Å². The fourth-order valence-electron chi connectivity index (χ4n) is 7.61. The zero-order valence-corrected chi connectivity index (χ0v) is 27.5. The number of nitrogens with zero attached hydrogens (tertiary/aromatic N) is 2. The topological polar surface area (TPSA) is 26.7 Å². The molecule has 1 N–H and O–H groups in total. The van der Waals surface area contributed by atoms with Crippen LogP contribution in [0.1, 0.15) is 71.6 Å². The lowest BCUT2D eigenvalue weighted by Crippen LogP contribution is -2.40. The number of benzene rings is 5. The molecule has 5 aromatic rings. The Balaban J connectivity index is 1.47. The van der Waals surface area contributed by atoms with E-state index in [0.717, 1.165) is 46.5 Å². The van der Waals surface area contributed by atoms with Crippen molar-refractivity contribution < 1.29 is 5.11 Å². The lowest BCUT2D eigenvalue weighted by Gasteiger charge is -2.38. The predicted molar refractivity (Wildman–Crippen MR) is 191 cm³/mol. The monoisotopic (exact) mass is 608 g/mol. The molecular formula is C43H48N2O. The van der Waals surface area contributed by atoms with Crippen LogP contribution in [0.25, 0.3) is 0 Å². The van der Waals surface area contributed by atoms with Crippen LogP contribution in [0.15, 0.2) is 133 Å². The molecule has 1 heterocycles. The van der Waals surface area contributed by atoms with Crippen LogP contribution in [0, 0.1) is 6.92 Å².